The van der Waals surface area contributed by atoms with Crippen LogP contribution in [0.15, 0.2) is 24.3 Å². The maximum atomic E-state index is 11.9. The molecule has 0 saturated carbocycles. The summed E-state index contributed by atoms with van der Waals surface area (Å²) in [4.78, 5) is 23.0. The average molecular weight is 271 g/mol. The number of nitriles is 2. The number of carboxylic acid groups (broad SMARTS) is 1. The molecule has 0 aliphatic heterocycles. The normalized spacial score (nSPS) is 12.6. The van der Waals surface area contributed by atoms with Crippen LogP contribution in [-0.2, 0) is 4.79 Å². The van der Waals surface area contributed by atoms with E-state index in [1.54, 1.807) is 6.92 Å². The van der Waals surface area contributed by atoms with E-state index in [4.69, 9.17) is 15.6 Å². The van der Waals surface area contributed by atoms with Crippen LogP contribution in [0.3, 0.4) is 0 Å². The van der Waals surface area contributed by atoms with Crippen molar-refractivity contribution in [3.05, 3.63) is 35.4 Å². The van der Waals surface area contributed by atoms with Crippen molar-refractivity contribution >= 4 is 11.9 Å². The highest BCUT2D eigenvalue weighted by atomic mass is 16.4. The number of nitrogens with zero attached hydrogens (tertiary/aromatic N) is 2. The van der Waals surface area contributed by atoms with E-state index in [-0.39, 0.29) is 12.0 Å². The summed E-state index contributed by atoms with van der Waals surface area (Å²) in [6.07, 6.45) is 0.0324. The quantitative estimate of drug-likeness (QED) is 0.837. The largest absolute Gasteiger partial charge is 0.480 e. The standard InChI is InChI=1S/C14H13N3O3/c1-9(6-7-15)12(14(19)20)17-13(18)11-4-2-10(8-16)3-5-11/h2-5,9,12H,6H2,1H3,(H,17,18)(H,19,20)/t9-,12-/m0/s1. The van der Waals surface area contributed by atoms with E-state index in [0.29, 0.717) is 5.56 Å². The first kappa shape index (κ1) is 15.2. The fourth-order valence-electron chi connectivity index (χ4n) is 1.63. The summed E-state index contributed by atoms with van der Waals surface area (Å²) in [5, 5.41) is 28.7. The van der Waals surface area contributed by atoms with Gasteiger partial charge in [0.1, 0.15) is 6.04 Å². The van der Waals surface area contributed by atoms with Crippen molar-refractivity contribution in [3.8, 4) is 12.1 Å². The summed E-state index contributed by atoms with van der Waals surface area (Å²) in [5.74, 6) is -2.23. The zero-order chi connectivity index (χ0) is 15.1. The predicted octanol–water partition coefficient (Wildman–Crippen LogP) is 1.29. The number of hydrogen-bond donors (Lipinski definition) is 2. The Balaban J connectivity index is 2.83. The number of rotatable bonds is 5. The summed E-state index contributed by atoms with van der Waals surface area (Å²) < 4.78 is 0. The molecule has 6 heteroatoms. The van der Waals surface area contributed by atoms with Crippen LogP contribution in [0.25, 0.3) is 0 Å². The molecule has 2 N–H and O–H groups in total. The van der Waals surface area contributed by atoms with Gasteiger partial charge in [-0.25, -0.2) is 4.79 Å². The molecular weight excluding hydrogens is 258 g/mol. The van der Waals surface area contributed by atoms with Gasteiger partial charge >= 0.3 is 5.97 Å². The topological polar surface area (TPSA) is 114 Å². The summed E-state index contributed by atoms with van der Waals surface area (Å²) in [6, 6.07) is 8.52. The van der Waals surface area contributed by atoms with Gasteiger partial charge in [0.2, 0.25) is 0 Å². The lowest BCUT2D eigenvalue weighted by molar-refractivity contribution is -0.140. The fraction of sp³-hybridized carbons (Fsp3) is 0.286. The molecule has 0 aromatic heterocycles. The first-order chi connectivity index (χ1) is 9.49. The maximum absolute atomic E-state index is 11.9. The molecule has 2 atom stereocenters. The summed E-state index contributed by atoms with van der Waals surface area (Å²) in [6.45, 7) is 1.58. The zero-order valence-electron chi connectivity index (χ0n) is 10.8. The predicted molar refractivity (Wildman–Crippen MR) is 69.4 cm³/mol. The van der Waals surface area contributed by atoms with E-state index in [1.807, 2.05) is 12.1 Å². The van der Waals surface area contributed by atoms with Crippen LogP contribution < -0.4 is 5.32 Å². The maximum Gasteiger partial charge on any atom is 0.326 e. The molecule has 102 valence electrons. The van der Waals surface area contributed by atoms with Crippen molar-refractivity contribution in [2.45, 2.75) is 19.4 Å². The minimum absolute atomic E-state index is 0.0324. The summed E-state index contributed by atoms with van der Waals surface area (Å²) >= 11 is 0. The molecule has 0 heterocycles. The van der Waals surface area contributed by atoms with Crippen molar-refractivity contribution in [2.24, 2.45) is 5.92 Å². The molecule has 0 radical (unpaired) electrons. The summed E-state index contributed by atoms with van der Waals surface area (Å²) in [7, 11) is 0. The van der Waals surface area contributed by atoms with Crippen LogP contribution in [0.4, 0.5) is 0 Å². The van der Waals surface area contributed by atoms with Gasteiger partial charge in [0, 0.05) is 17.9 Å². The van der Waals surface area contributed by atoms with Crippen LogP contribution in [-0.4, -0.2) is 23.0 Å². The Bertz CT molecular complexity index is 581. The van der Waals surface area contributed by atoms with Gasteiger partial charge in [0.15, 0.2) is 0 Å². The Morgan fingerprint density at radius 1 is 1.30 bits per heavy atom. The molecule has 0 unspecified atom stereocenters. The van der Waals surface area contributed by atoms with Gasteiger partial charge in [0.25, 0.3) is 5.91 Å². The fourth-order valence-corrected chi connectivity index (χ4v) is 1.63. The number of carbonyl (C=O) groups excluding carboxylic acids is 1. The Hall–Kier alpha value is -2.86. The van der Waals surface area contributed by atoms with Crippen molar-refractivity contribution in [1.82, 2.24) is 5.32 Å². The molecular formula is C14H13N3O3. The number of amides is 1. The molecule has 20 heavy (non-hydrogen) atoms. The lowest BCUT2D eigenvalue weighted by Gasteiger charge is -2.19. The van der Waals surface area contributed by atoms with Crippen LogP contribution in [0.2, 0.25) is 0 Å². The number of carboxylic acids is 1. The van der Waals surface area contributed by atoms with Crippen LogP contribution in [0.1, 0.15) is 29.3 Å². The highest BCUT2D eigenvalue weighted by molar-refractivity contribution is 5.96. The van der Waals surface area contributed by atoms with Crippen molar-refractivity contribution in [1.29, 1.82) is 10.5 Å². The second kappa shape index (κ2) is 6.91. The average Bonchev–Trinajstić information content (AvgIpc) is 2.44. The van der Waals surface area contributed by atoms with Gasteiger partial charge in [-0.3, -0.25) is 4.79 Å². The second-order valence-corrected chi connectivity index (χ2v) is 4.32. The van der Waals surface area contributed by atoms with E-state index in [2.05, 4.69) is 5.32 Å². The molecule has 6 nitrogen and oxygen atoms in total. The lowest BCUT2D eigenvalue weighted by atomic mass is 9.98. The van der Waals surface area contributed by atoms with Gasteiger partial charge in [-0.2, -0.15) is 10.5 Å². The Kier molecular flexibility index (Phi) is 5.25. The second-order valence-electron chi connectivity index (χ2n) is 4.32. The van der Waals surface area contributed by atoms with Gasteiger partial charge in [-0.05, 0) is 24.3 Å². The zero-order valence-corrected chi connectivity index (χ0v) is 10.8. The van der Waals surface area contributed by atoms with Gasteiger partial charge in [-0.15, -0.1) is 0 Å². The van der Waals surface area contributed by atoms with Crippen molar-refractivity contribution in [2.75, 3.05) is 0 Å². The Labute approximate surface area is 116 Å². The summed E-state index contributed by atoms with van der Waals surface area (Å²) in [5.41, 5.74) is 0.675. The van der Waals surface area contributed by atoms with Crippen LogP contribution in [0.5, 0.6) is 0 Å². The first-order valence-corrected chi connectivity index (χ1v) is 5.90. The smallest absolute Gasteiger partial charge is 0.326 e. The Morgan fingerprint density at radius 2 is 1.90 bits per heavy atom. The molecule has 1 amide bonds. The number of aliphatic carboxylic acids is 1. The SMILES string of the molecule is C[C@@H](CC#N)[C@H](NC(=O)c1ccc(C#N)cc1)C(=O)O. The number of nitrogens with one attached hydrogen (secondary N) is 1. The molecule has 1 rings (SSSR count). The minimum Gasteiger partial charge on any atom is -0.480 e. The van der Waals surface area contributed by atoms with Crippen molar-refractivity contribution in [3.63, 3.8) is 0 Å². The van der Waals surface area contributed by atoms with Gasteiger partial charge < -0.3 is 10.4 Å². The third kappa shape index (κ3) is 3.82. The highest BCUT2D eigenvalue weighted by Gasteiger charge is 2.26. The van der Waals surface area contributed by atoms with E-state index in [0.717, 1.165) is 0 Å². The lowest BCUT2D eigenvalue weighted by Crippen LogP contribution is -2.45. The molecule has 1 aromatic rings. The molecule has 0 fully saturated rings. The first-order valence-electron chi connectivity index (χ1n) is 5.90. The minimum atomic E-state index is -1.19. The molecule has 0 bridgehead atoms. The molecule has 0 aliphatic rings. The number of hydrogen-bond acceptors (Lipinski definition) is 4. The third-order valence-corrected chi connectivity index (χ3v) is 2.81. The number of carbonyl (C=O) groups is 2. The Morgan fingerprint density at radius 3 is 2.35 bits per heavy atom. The van der Waals surface area contributed by atoms with Gasteiger partial charge in [-0.1, -0.05) is 6.92 Å². The van der Waals surface area contributed by atoms with E-state index in [1.165, 1.54) is 24.3 Å². The molecule has 1 aromatic carbocycles. The highest BCUT2D eigenvalue weighted by Crippen LogP contribution is 2.10. The van der Waals surface area contributed by atoms with E-state index in [9.17, 15) is 9.59 Å². The molecule has 0 saturated heterocycles. The van der Waals surface area contributed by atoms with E-state index >= 15 is 0 Å². The van der Waals surface area contributed by atoms with E-state index < -0.39 is 23.8 Å². The van der Waals surface area contributed by atoms with Crippen LogP contribution in [0, 0.1) is 28.6 Å². The monoisotopic (exact) mass is 271 g/mol. The van der Waals surface area contributed by atoms with Crippen molar-refractivity contribution < 1.29 is 14.7 Å². The molecule has 0 spiro atoms. The van der Waals surface area contributed by atoms with Gasteiger partial charge in [0.05, 0.1) is 17.7 Å². The molecule has 0 aliphatic carbocycles. The number of benzene rings is 1. The third-order valence-electron chi connectivity index (χ3n) is 2.81. The van der Waals surface area contributed by atoms with Crippen LogP contribution >= 0.6 is 0 Å².